The lowest BCUT2D eigenvalue weighted by Crippen LogP contribution is -2.69. The van der Waals surface area contributed by atoms with E-state index in [1.54, 1.807) is 0 Å². The molecule has 18 unspecified atom stereocenters. The van der Waals surface area contributed by atoms with E-state index >= 15 is 0 Å². The van der Waals surface area contributed by atoms with Crippen LogP contribution in [0.4, 0.5) is 0 Å². The Labute approximate surface area is 573 Å². The van der Waals surface area contributed by atoms with E-state index in [0.717, 1.165) is 116 Å². The molecular weight excluding hydrogens is 1270 g/mol. The van der Waals surface area contributed by atoms with Crippen LogP contribution in [0.1, 0.15) is 290 Å². The minimum Gasteiger partial charge on any atom is -0.463 e. The van der Waals surface area contributed by atoms with Crippen molar-refractivity contribution in [3.05, 3.63) is 12.2 Å². The van der Waals surface area contributed by atoms with E-state index in [1.165, 1.54) is 116 Å². The van der Waals surface area contributed by atoms with Crippen LogP contribution in [0.5, 0.6) is 0 Å². The molecule has 2 saturated heterocycles. The zero-order chi connectivity index (χ0) is 70.4. The van der Waals surface area contributed by atoms with Crippen LogP contribution in [0.25, 0.3) is 0 Å². The molecule has 0 aromatic rings. The van der Waals surface area contributed by atoms with Crippen molar-refractivity contribution < 1.29 is 117 Å². The fraction of sp³-hybridized carbons (Fsp3) is 0.930. The van der Waals surface area contributed by atoms with Crippen molar-refractivity contribution in [3.8, 4) is 0 Å². The third kappa shape index (κ3) is 36.5. The lowest BCUT2D eigenvalue weighted by molar-refractivity contribution is -0.360. The molecule has 0 spiro atoms. The van der Waals surface area contributed by atoms with Crippen molar-refractivity contribution in [3.63, 3.8) is 0 Å². The zero-order valence-corrected chi connectivity index (χ0v) is 59.6. The van der Waals surface area contributed by atoms with Gasteiger partial charge in [-0.25, -0.2) is 4.57 Å². The topological polar surface area (TPSA) is 374 Å². The third-order valence-electron chi connectivity index (χ3n) is 18.5. The summed E-state index contributed by atoms with van der Waals surface area (Å²) in [4.78, 5) is 50.9. The monoisotopic (exact) mass is 1400 g/mol. The summed E-state index contributed by atoms with van der Waals surface area (Å²) >= 11 is 0. The number of allylic oxidation sites excluding steroid dienone is 2. The van der Waals surface area contributed by atoms with Gasteiger partial charge in [0.1, 0.15) is 98.7 Å². The maximum atomic E-state index is 14.3. The Morgan fingerprint density at radius 3 is 1.14 bits per heavy atom. The van der Waals surface area contributed by atoms with Gasteiger partial charge in [0.25, 0.3) is 0 Å². The van der Waals surface area contributed by atoms with Crippen LogP contribution in [0.15, 0.2) is 12.2 Å². The lowest BCUT2D eigenvalue weighted by atomic mass is 9.84. The second-order valence-corrected chi connectivity index (χ2v) is 28.4. The molecule has 564 valence electrons. The van der Waals surface area contributed by atoms with E-state index in [2.05, 4.69) is 32.9 Å². The van der Waals surface area contributed by atoms with E-state index in [1.807, 2.05) is 0 Å². The number of esters is 3. The van der Waals surface area contributed by atoms with Crippen LogP contribution < -0.4 is 0 Å². The Kier molecular flexibility index (Phi) is 49.0. The van der Waals surface area contributed by atoms with Gasteiger partial charge in [-0.2, -0.15) is 0 Å². The van der Waals surface area contributed by atoms with Gasteiger partial charge in [0.05, 0.1) is 13.2 Å². The third-order valence-corrected chi connectivity index (χ3v) is 19.5. The lowest BCUT2D eigenvalue weighted by Gasteiger charge is -2.49. The normalized spacial score (nSPS) is 28.0. The minimum absolute atomic E-state index is 0.0324. The van der Waals surface area contributed by atoms with E-state index in [0.29, 0.717) is 19.3 Å². The molecule has 1 aliphatic carbocycles. The zero-order valence-electron chi connectivity index (χ0n) is 58.7. The smallest absolute Gasteiger partial charge is 0.463 e. The predicted molar refractivity (Wildman–Crippen MR) is 361 cm³/mol. The first-order valence-electron chi connectivity index (χ1n) is 37.5. The van der Waals surface area contributed by atoms with E-state index in [4.69, 9.17) is 42.2 Å². The molecule has 25 heteroatoms. The number of unbranched alkanes of at least 4 members (excludes halogenated alkanes) is 35. The van der Waals surface area contributed by atoms with Crippen LogP contribution in [0.3, 0.4) is 0 Å². The van der Waals surface area contributed by atoms with Crippen molar-refractivity contribution >= 4 is 25.7 Å². The fourth-order valence-corrected chi connectivity index (χ4v) is 13.4. The first kappa shape index (κ1) is 87.9. The summed E-state index contributed by atoms with van der Waals surface area (Å²) in [6.07, 6.45) is 11.4. The highest BCUT2D eigenvalue weighted by atomic mass is 31.2. The van der Waals surface area contributed by atoms with Crippen LogP contribution >= 0.6 is 7.82 Å². The van der Waals surface area contributed by atoms with Crippen molar-refractivity contribution in [1.82, 2.24) is 0 Å². The minimum atomic E-state index is -5.69. The molecular formula is C71H131O24P. The molecule has 2 aliphatic heterocycles. The van der Waals surface area contributed by atoms with Gasteiger partial charge in [0.15, 0.2) is 18.7 Å². The summed E-state index contributed by atoms with van der Waals surface area (Å²) in [6, 6.07) is 0. The number of aliphatic hydroxyl groups excluding tert-OH is 10. The molecule has 96 heavy (non-hydrogen) atoms. The molecule has 11 N–H and O–H groups in total. The maximum Gasteiger partial charge on any atom is 0.472 e. The molecule has 3 rings (SSSR count). The summed E-state index contributed by atoms with van der Waals surface area (Å²) in [5, 5.41) is 110. The SMILES string of the molecule is CCCCCC/C=C\CCCCCCCCCC(=O)OC(COC(=O)CCCCCCCCCCCCCC)COP(=O)(O)OC1C(OC2OC(CO)C(O)C(O)C2O)C(O)C(O)C(O)C1OC1OC(COC(=O)CCCCCCCCCCCCCCCC)C(O)C(O)C1O. The predicted octanol–water partition coefficient (Wildman–Crippen LogP) is 9.96. The molecule has 0 amide bonds. The Balaban J connectivity index is 1.74. The van der Waals surface area contributed by atoms with E-state index < -0.39 is 156 Å². The quantitative estimate of drug-likeness (QED) is 0.00886. The van der Waals surface area contributed by atoms with Crippen LogP contribution in [-0.4, -0.2) is 204 Å². The van der Waals surface area contributed by atoms with Gasteiger partial charge in [0.2, 0.25) is 0 Å². The summed E-state index contributed by atoms with van der Waals surface area (Å²) in [5.74, 6) is -1.99. The van der Waals surface area contributed by atoms with E-state index in [9.17, 15) is 74.9 Å². The van der Waals surface area contributed by atoms with Gasteiger partial charge < -0.3 is 89.1 Å². The molecule has 24 nitrogen and oxygen atoms in total. The van der Waals surface area contributed by atoms with Crippen LogP contribution in [0, 0.1) is 0 Å². The van der Waals surface area contributed by atoms with Gasteiger partial charge in [-0.1, -0.05) is 238 Å². The highest BCUT2D eigenvalue weighted by Gasteiger charge is 2.58. The van der Waals surface area contributed by atoms with Crippen molar-refractivity contribution in [2.24, 2.45) is 0 Å². The second-order valence-electron chi connectivity index (χ2n) is 27.0. The number of hydrogen-bond acceptors (Lipinski definition) is 23. The Morgan fingerprint density at radius 2 is 0.729 bits per heavy atom. The average Bonchev–Trinajstić information content (AvgIpc) is 0.765. The molecule has 3 aliphatic rings. The van der Waals surface area contributed by atoms with Crippen LogP contribution in [0.2, 0.25) is 0 Å². The molecule has 3 fully saturated rings. The highest BCUT2D eigenvalue weighted by molar-refractivity contribution is 7.47. The number of rotatable bonds is 58. The summed E-state index contributed by atoms with van der Waals surface area (Å²) in [7, 11) is -5.69. The largest absolute Gasteiger partial charge is 0.472 e. The number of phosphoric acid groups is 1. The van der Waals surface area contributed by atoms with Gasteiger partial charge in [-0.15, -0.1) is 0 Å². The van der Waals surface area contributed by atoms with Gasteiger partial charge in [-0.05, 0) is 44.9 Å². The summed E-state index contributed by atoms with van der Waals surface area (Å²) in [5.41, 5.74) is 0. The number of carbonyl (C=O) groups excluding carboxylic acids is 3. The van der Waals surface area contributed by atoms with Crippen molar-refractivity contribution in [2.45, 2.75) is 395 Å². The van der Waals surface area contributed by atoms with Crippen LogP contribution in [-0.2, 0) is 61.2 Å². The number of hydrogen-bond donors (Lipinski definition) is 11. The van der Waals surface area contributed by atoms with Crippen molar-refractivity contribution in [2.75, 3.05) is 26.4 Å². The first-order chi connectivity index (χ1) is 46.3. The highest BCUT2D eigenvalue weighted by Crippen LogP contribution is 2.49. The molecule has 0 radical (unpaired) electrons. The van der Waals surface area contributed by atoms with Gasteiger partial charge in [-0.3, -0.25) is 23.4 Å². The molecule has 18 atom stereocenters. The average molecular weight is 1400 g/mol. The maximum absolute atomic E-state index is 14.3. The standard InChI is InChI=1S/C71H131O24P/c1-4-7-10-13-16-19-22-25-27-29-32-35-38-41-44-47-57(75)90-52(49-87-55(73)45-42-39-36-33-30-24-21-18-15-12-9-6-3)50-89-96(85,86)95-69-67(93-70-65(83)60(78)58(76)53(48-72)91-70)63(81)62(80)64(82)68(69)94-71-66(84)61(79)59(77)54(92-71)51-88-56(74)46-43-40-37-34-31-28-26-23-20-17-14-11-8-5-2/h19,22,52-54,58-72,76-84H,4-18,20-21,23-51H2,1-3H3,(H,85,86)/b22-19-. The molecule has 1 saturated carbocycles. The molecule has 2 heterocycles. The Morgan fingerprint density at radius 1 is 0.396 bits per heavy atom. The molecule has 0 aromatic carbocycles. The summed E-state index contributed by atoms with van der Waals surface area (Å²) in [6.45, 7) is 3.43. The number of carbonyl (C=O) groups is 3. The Bertz CT molecular complexity index is 2040. The van der Waals surface area contributed by atoms with Gasteiger partial charge >= 0.3 is 25.7 Å². The molecule has 0 bridgehead atoms. The first-order valence-corrected chi connectivity index (χ1v) is 39.0. The fourth-order valence-electron chi connectivity index (χ4n) is 12.4. The van der Waals surface area contributed by atoms with Gasteiger partial charge in [0, 0.05) is 19.3 Å². The summed E-state index contributed by atoms with van der Waals surface area (Å²) < 4.78 is 65.0. The Hall–Kier alpha value is -2.30. The number of phosphoric ester groups is 1. The number of ether oxygens (including phenoxy) is 7. The second kappa shape index (κ2) is 53.5. The molecule has 0 aromatic heterocycles. The van der Waals surface area contributed by atoms with E-state index in [-0.39, 0.29) is 19.3 Å². The number of aliphatic hydroxyl groups is 10. The van der Waals surface area contributed by atoms with Crippen molar-refractivity contribution in [1.29, 1.82) is 0 Å².